The molecule has 0 rings (SSSR count). The van der Waals surface area contributed by atoms with Gasteiger partial charge in [-0.15, -0.1) is 0 Å². The first-order valence-electron chi connectivity index (χ1n) is 9.14. The van der Waals surface area contributed by atoms with Crippen LogP contribution in [0.25, 0.3) is 0 Å². The van der Waals surface area contributed by atoms with Gasteiger partial charge in [-0.1, -0.05) is 0 Å². The van der Waals surface area contributed by atoms with Gasteiger partial charge in [-0.25, -0.2) is 4.79 Å². The number of nitrogens with zero attached hydrogens (tertiary/aromatic N) is 1. The highest BCUT2D eigenvalue weighted by Crippen LogP contribution is 2.00. The Morgan fingerprint density at radius 1 is 0.967 bits per heavy atom. The number of hydrogen-bond acceptors (Lipinski definition) is 8. The number of amides is 3. The molecule has 0 aromatic rings. The normalized spacial score (nSPS) is 15.6. The minimum atomic E-state index is -1.46. The number of aliphatic hydroxyl groups is 2. The molecule has 5 atom stereocenters. The maximum absolute atomic E-state index is 12.3. The van der Waals surface area contributed by atoms with Gasteiger partial charge in [-0.2, -0.15) is 0 Å². The summed E-state index contributed by atoms with van der Waals surface area (Å²) in [6, 6.07) is -5.15. The van der Waals surface area contributed by atoms with Crippen molar-refractivity contribution in [2.75, 3.05) is 13.2 Å². The summed E-state index contributed by atoms with van der Waals surface area (Å²) in [6.45, 7) is 1.95. The Balaban J connectivity index is 4.82. The fourth-order valence-corrected chi connectivity index (χ4v) is 2.12. The largest absolute Gasteiger partial charge is 0.480 e. The average molecular weight is 433 g/mol. The van der Waals surface area contributed by atoms with E-state index in [4.69, 9.17) is 17.2 Å². The van der Waals surface area contributed by atoms with Gasteiger partial charge in [0.1, 0.15) is 24.2 Å². The van der Waals surface area contributed by atoms with Gasteiger partial charge in [0.25, 0.3) is 0 Å². The number of aliphatic carboxylic acids is 1. The summed E-state index contributed by atoms with van der Waals surface area (Å²) in [4.78, 5) is 51.2. The molecule has 12 N–H and O–H groups in total. The first-order valence-corrected chi connectivity index (χ1v) is 9.14. The van der Waals surface area contributed by atoms with E-state index >= 15 is 0 Å². The third kappa shape index (κ3) is 9.99. The molecule has 0 aliphatic rings. The molecule has 3 amide bonds. The van der Waals surface area contributed by atoms with E-state index in [2.05, 4.69) is 20.9 Å². The molecule has 5 unspecified atom stereocenters. The van der Waals surface area contributed by atoms with Crippen LogP contribution in [0, 0.1) is 0 Å². The molecule has 0 saturated heterocycles. The molecular weight excluding hydrogens is 402 g/mol. The van der Waals surface area contributed by atoms with Crippen LogP contribution in [-0.4, -0.2) is 88.4 Å². The molecule has 14 heteroatoms. The van der Waals surface area contributed by atoms with Crippen LogP contribution in [0.4, 0.5) is 0 Å². The smallest absolute Gasteiger partial charge is 0.326 e. The number of nitrogens with two attached hydrogens (primary N) is 3. The third-order valence-electron chi connectivity index (χ3n) is 3.95. The van der Waals surface area contributed by atoms with Crippen LogP contribution in [0.5, 0.6) is 0 Å². The van der Waals surface area contributed by atoms with Gasteiger partial charge in [0.15, 0.2) is 5.96 Å². The maximum atomic E-state index is 12.3. The highest BCUT2D eigenvalue weighted by atomic mass is 16.4. The van der Waals surface area contributed by atoms with Crippen molar-refractivity contribution in [1.29, 1.82) is 0 Å². The second-order valence-electron chi connectivity index (χ2n) is 6.59. The topological polar surface area (TPSA) is 255 Å². The number of guanidine groups is 1. The van der Waals surface area contributed by atoms with Crippen LogP contribution in [0.2, 0.25) is 0 Å². The van der Waals surface area contributed by atoms with Crippen LogP contribution in [0.1, 0.15) is 26.7 Å². The van der Waals surface area contributed by atoms with Gasteiger partial charge in [0.2, 0.25) is 17.7 Å². The van der Waals surface area contributed by atoms with Crippen LogP contribution in [-0.2, 0) is 19.2 Å². The lowest BCUT2D eigenvalue weighted by atomic mass is 10.1. The quantitative estimate of drug-likeness (QED) is 0.0761. The standard InChI is InChI=1S/C16H31N7O7/c1-7(21-14(28)11(17)8(2)25)12(26)23-10(6-24)13(27)22-9(15(29)30)4-3-5-20-16(18)19/h7-11,24-25H,3-6,17H2,1-2H3,(H,21,28)(H,22,27)(H,23,26)(H,29,30)(H4,18,19,20). The zero-order chi connectivity index (χ0) is 23.4. The van der Waals surface area contributed by atoms with Crippen molar-refractivity contribution in [1.82, 2.24) is 16.0 Å². The average Bonchev–Trinajstić information content (AvgIpc) is 2.66. The lowest BCUT2D eigenvalue weighted by Gasteiger charge is -2.23. The molecule has 0 saturated carbocycles. The summed E-state index contributed by atoms with van der Waals surface area (Å²) < 4.78 is 0. The fraction of sp³-hybridized carbons (Fsp3) is 0.688. The van der Waals surface area contributed by atoms with E-state index in [1.54, 1.807) is 0 Å². The minimum absolute atomic E-state index is 0.00758. The predicted molar refractivity (Wildman–Crippen MR) is 106 cm³/mol. The lowest BCUT2D eigenvalue weighted by molar-refractivity contribution is -0.142. The van der Waals surface area contributed by atoms with E-state index in [9.17, 15) is 34.5 Å². The highest BCUT2D eigenvalue weighted by Gasteiger charge is 2.28. The van der Waals surface area contributed by atoms with E-state index < -0.39 is 60.6 Å². The van der Waals surface area contributed by atoms with Crippen molar-refractivity contribution in [2.24, 2.45) is 22.2 Å². The molecule has 0 bridgehead atoms. The Labute approximate surface area is 173 Å². The van der Waals surface area contributed by atoms with Crippen molar-refractivity contribution in [3.8, 4) is 0 Å². The Morgan fingerprint density at radius 2 is 1.53 bits per heavy atom. The van der Waals surface area contributed by atoms with E-state index in [-0.39, 0.29) is 25.3 Å². The Hall–Kier alpha value is -2.97. The number of carbonyl (C=O) groups excluding carboxylic acids is 3. The summed E-state index contributed by atoms with van der Waals surface area (Å²) >= 11 is 0. The molecule has 14 nitrogen and oxygen atoms in total. The van der Waals surface area contributed by atoms with Crippen LogP contribution in [0.3, 0.4) is 0 Å². The molecule has 0 radical (unpaired) electrons. The maximum Gasteiger partial charge on any atom is 0.326 e. The van der Waals surface area contributed by atoms with Gasteiger partial charge < -0.3 is 48.5 Å². The van der Waals surface area contributed by atoms with E-state index in [0.29, 0.717) is 0 Å². The summed E-state index contributed by atoms with van der Waals surface area (Å²) in [5.41, 5.74) is 15.8. The van der Waals surface area contributed by atoms with E-state index in [0.717, 1.165) is 0 Å². The zero-order valence-electron chi connectivity index (χ0n) is 16.9. The van der Waals surface area contributed by atoms with Crippen LogP contribution < -0.4 is 33.2 Å². The summed E-state index contributed by atoms with van der Waals surface area (Å²) in [5.74, 6) is -4.01. The Kier molecular flexibility index (Phi) is 12.0. The number of carbonyl (C=O) groups is 4. The van der Waals surface area contributed by atoms with E-state index in [1.807, 2.05) is 0 Å². The van der Waals surface area contributed by atoms with Gasteiger partial charge in [-0.05, 0) is 26.7 Å². The van der Waals surface area contributed by atoms with Gasteiger partial charge >= 0.3 is 5.97 Å². The third-order valence-corrected chi connectivity index (χ3v) is 3.95. The molecular formula is C16H31N7O7. The summed E-state index contributed by atoms with van der Waals surface area (Å²) in [7, 11) is 0. The molecule has 0 fully saturated rings. The number of aliphatic imine (C=N–C) groups is 1. The van der Waals surface area contributed by atoms with Crippen LogP contribution >= 0.6 is 0 Å². The monoisotopic (exact) mass is 433 g/mol. The molecule has 172 valence electrons. The van der Waals surface area contributed by atoms with Crippen molar-refractivity contribution >= 4 is 29.7 Å². The number of rotatable bonds is 13. The number of hydrogen-bond donors (Lipinski definition) is 9. The van der Waals surface area contributed by atoms with Crippen molar-refractivity contribution in [3.63, 3.8) is 0 Å². The van der Waals surface area contributed by atoms with Crippen molar-refractivity contribution < 1.29 is 34.5 Å². The number of nitrogens with one attached hydrogen (secondary N) is 3. The SMILES string of the molecule is CC(NC(=O)C(N)C(C)O)C(=O)NC(CO)C(=O)NC(CCCN=C(N)N)C(=O)O. The van der Waals surface area contributed by atoms with Crippen molar-refractivity contribution in [2.45, 2.75) is 57.0 Å². The Bertz CT molecular complexity index is 637. The number of carboxylic acids is 1. The molecule has 0 spiro atoms. The molecule has 30 heavy (non-hydrogen) atoms. The lowest BCUT2D eigenvalue weighted by Crippen LogP contribution is -2.58. The highest BCUT2D eigenvalue weighted by molar-refractivity contribution is 5.94. The number of carboxylic acid groups (broad SMARTS) is 1. The molecule has 0 aromatic heterocycles. The predicted octanol–water partition coefficient (Wildman–Crippen LogP) is -4.70. The second kappa shape index (κ2) is 13.3. The van der Waals surface area contributed by atoms with Gasteiger partial charge in [0.05, 0.1) is 12.7 Å². The molecule has 0 aromatic carbocycles. The number of aliphatic hydroxyl groups excluding tert-OH is 2. The van der Waals surface area contributed by atoms with Crippen molar-refractivity contribution in [3.05, 3.63) is 0 Å². The van der Waals surface area contributed by atoms with E-state index in [1.165, 1.54) is 13.8 Å². The zero-order valence-corrected chi connectivity index (χ0v) is 16.9. The minimum Gasteiger partial charge on any atom is -0.480 e. The van der Waals surface area contributed by atoms with Gasteiger partial charge in [0, 0.05) is 6.54 Å². The Morgan fingerprint density at radius 3 is 2.00 bits per heavy atom. The molecule has 0 heterocycles. The summed E-state index contributed by atoms with van der Waals surface area (Å²) in [6.07, 6.45) is -0.873. The molecule has 0 aliphatic carbocycles. The first kappa shape index (κ1) is 27.0. The second-order valence-corrected chi connectivity index (χ2v) is 6.59. The van der Waals surface area contributed by atoms with Gasteiger partial charge in [-0.3, -0.25) is 19.4 Å². The fourth-order valence-electron chi connectivity index (χ4n) is 2.12. The van der Waals surface area contributed by atoms with Crippen LogP contribution in [0.15, 0.2) is 4.99 Å². The first-order chi connectivity index (χ1) is 13.9. The summed E-state index contributed by atoms with van der Waals surface area (Å²) in [5, 5.41) is 34.6. The molecule has 0 aliphatic heterocycles.